The van der Waals surface area contributed by atoms with Crippen molar-refractivity contribution in [3.8, 4) is 0 Å². The molecule has 1 aromatic carbocycles. The van der Waals surface area contributed by atoms with Crippen molar-refractivity contribution in [3.05, 3.63) is 48.0 Å². The van der Waals surface area contributed by atoms with Gasteiger partial charge in [-0.3, -0.25) is 9.48 Å². The van der Waals surface area contributed by atoms with E-state index in [-0.39, 0.29) is 17.8 Å². The Labute approximate surface area is 111 Å². The van der Waals surface area contributed by atoms with E-state index >= 15 is 0 Å². The molecule has 100 valence electrons. The first-order valence-electron chi connectivity index (χ1n) is 6.11. The highest BCUT2D eigenvalue weighted by molar-refractivity contribution is 5.91. The van der Waals surface area contributed by atoms with Crippen LogP contribution in [-0.2, 0) is 4.79 Å². The van der Waals surface area contributed by atoms with E-state index in [4.69, 9.17) is 0 Å². The number of hydrogen-bond donors (Lipinski definition) is 1. The summed E-state index contributed by atoms with van der Waals surface area (Å²) in [5.41, 5.74) is 1.35. The van der Waals surface area contributed by atoms with E-state index in [1.54, 1.807) is 23.9 Å². The molecule has 0 saturated carbocycles. The molecule has 1 aromatic heterocycles. The third-order valence-corrected chi connectivity index (χ3v) is 2.92. The Bertz CT molecular complexity index is 566. The molecule has 0 aliphatic carbocycles. The molecule has 2 rings (SSSR count). The highest BCUT2D eigenvalue weighted by Gasteiger charge is 2.12. The fourth-order valence-electron chi connectivity index (χ4n) is 1.87. The summed E-state index contributed by atoms with van der Waals surface area (Å²) in [5.74, 6) is -0.418. The average molecular weight is 261 g/mol. The van der Waals surface area contributed by atoms with Crippen molar-refractivity contribution >= 4 is 11.6 Å². The molecule has 0 saturated heterocycles. The van der Waals surface area contributed by atoms with Crippen LogP contribution in [0.3, 0.4) is 0 Å². The molecule has 19 heavy (non-hydrogen) atoms. The van der Waals surface area contributed by atoms with Crippen molar-refractivity contribution in [2.75, 3.05) is 5.32 Å². The number of benzene rings is 1. The van der Waals surface area contributed by atoms with Gasteiger partial charge in [-0.05, 0) is 43.7 Å². The lowest BCUT2D eigenvalue weighted by atomic mass is 10.1. The molecule has 1 amide bonds. The number of amides is 1. The highest BCUT2D eigenvalue weighted by Crippen LogP contribution is 2.17. The molecule has 0 bridgehead atoms. The second-order valence-electron chi connectivity index (χ2n) is 4.55. The molecule has 0 aliphatic rings. The summed E-state index contributed by atoms with van der Waals surface area (Å²) in [5, 5.41) is 6.88. The lowest BCUT2D eigenvalue weighted by molar-refractivity contribution is -0.116. The van der Waals surface area contributed by atoms with Crippen LogP contribution >= 0.6 is 0 Å². The van der Waals surface area contributed by atoms with Crippen molar-refractivity contribution < 1.29 is 9.18 Å². The minimum absolute atomic E-state index is 0.0178. The van der Waals surface area contributed by atoms with Gasteiger partial charge in [-0.1, -0.05) is 0 Å². The van der Waals surface area contributed by atoms with Gasteiger partial charge in [0.15, 0.2) is 0 Å². The molecular weight excluding hydrogens is 245 g/mol. The Balaban J connectivity index is 1.98. The summed E-state index contributed by atoms with van der Waals surface area (Å²) in [7, 11) is 0. The van der Waals surface area contributed by atoms with Crippen LogP contribution in [0.2, 0.25) is 0 Å². The van der Waals surface area contributed by atoms with Crippen LogP contribution in [0.25, 0.3) is 0 Å². The molecule has 4 nitrogen and oxygen atoms in total. The van der Waals surface area contributed by atoms with Crippen LogP contribution in [0.1, 0.15) is 24.9 Å². The topological polar surface area (TPSA) is 46.9 Å². The number of aryl methyl sites for hydroxylation is 1. The van der Waals surface area contributed by atoms with E-state index in [2.05, 4.69) is 10.4 Å². The van der Waals surface area contributed by atoms with E-state index in [9.17, 15) is 9.18 Å². The van der Waals surface area contributed by atoms with Gasteiger partial charge in [0.2, 0.25) is 5.91 Å². The monoisotopic (exact) mass is 261 g/mol. The number of carbonyl (C=O) groups excluding carboxylic acids is 1. The third kappa shape index (κ3) is 3.40. The largest absolute Gasteiger partial charge is 0.326 e. The quantitative estimate of drug-likeness (QED) is 0.919. The van der Waals surface area contributed by atoms with E-state index in [0.29, 0.717) is 17.7 Å². The minimum atomic E-state index is -0.305. The maximum atomic E-state index is 13.0. The van der Waals surface area contributed by atoms with Crippen LogP contribution in [-0.4, -0.2) is 15.7 Å². The van der Waals surface area contributed by atoms with Crippen LogP contribution in [0.15, 0.2) is 36.7 Å². The smallest absolute Gasteiger partial charge is 0.226 e. The number of aromatic nitrogens is 2. The number of rotatable bonds is 4. The van der Waals surface area contributed by atoms with Crippen LogP contribution in [0.5, 0.6) is 0 Å². The molecule has 0 aliphatic heterocycles. The normalized spacial score (nSPS) is 12.2. The van der Waals surface area contributed by atoms with Crippen molar-refractivity contribution in [2.45, 2.75) is 26.3 Å². The van der Waals surface area contributed by atoms with Crippen LogP contribution < -0.4 is 5.32 Å². The molecule has 0 spiro atoms. The van der Waals surface area contributed by atoms with Crippen LogP contribution in [0, 0.1) is 12.7 Å². The summed E-state index contributed by atoms with van der Waals surface area (Å²) < 4.78 is 14.7. The number of nitrogens with one attached hydrogen (secondary N) is 1. The predicted octanol–water partition coefficient (Wildman–Crippen LogP) is 2.92. The molecule has 1 unspecified atom stereocenters. The number of halogens is 1. The zero-order valence-corrected chi connectivity index (χ0v) is 10.9. The number of carbonyl (C=O) groups is 1. The number of anilines is 1. The van der Waals surface area contributed by atoms with E-state index in [1.165, 1.54) is 12.1 Å². The molecular formula is C14H16FN3O. The van der Waals surface area contributed by atoms with Gasteiger partial charge in [-0.2, -0.15) is 5.10 Å². The van der Waals surface area contributed by atoms with Crippen molar-refractivity contribution in [1.29, 1.82) is 0 Å². The summed E-state index contributed by atoms with van der Waals surface area (Å²) >= 11 is 0. The fourth-order valence-corrected chi connectivity index (χ4v) is 1.87. The van der Waals surface area contributed by atoms with E-state index < -0.39 is 0 Å². The van der Waals surface area contributed by atoms with Crippen LogP contribution in [0.4, 0.5) is 10.1 Å². The van der Waals surface area contributed by atoms with Gasteiger partial charge in [-0.25, -0.2) is 4.39 Å². The van der Waals surface area contributed by atoms with Crippen molar-refractivity contribution in [1.82, 2.24) is 9.78 Å². The molecule has 1 atom stereocenters. The fraction of sp³-hybridized carbons (Fsp3) is 0.286. The first-order chi connectivity index (χ1) is 9.06. The lowest BCUT2D eigenvalue weighted by Gasteiger charge is -2.13. The van der Waals surface area contributed by atoms with E-state index in [0.717, 1.165) is 0 Å². The highest BCUT2D eigenvalue weighted by atomic mass is 19.1. The first kappa shape index (κ1) is 13.3. The Hall–Kier alpha value is -2.17. The Kier molecular flexibility index (Phi) is 3.94. The molecule has 1 heterocycles. The zero-order valence-electron chi connectivity index (χ0n) is 10.9. The summed E-state index contributed by atoms with van der Waals surface area (Å²) in [4.78, 5) is 11.9. The molecule has 0 fully saturated rings. The molecule has 1 N–H and O–H groups in total. The Morgan fingerprint density at radius 3 is 2.95 bits per heavy atom. The van der Waals surface area contributed by atoms with Gasteiger partial charge in [0.1, 0.15) is 5.82 Å². The van der Waals surface area contributed by atoms with Gasteiger partial charge in [0.25, 0.3) is 0 Å². The van der Waals surface area contributed by atoms with Gasteiger partial charge < -0.3 is 5.32 Å². The Morgan fingerprint density at radius 1 is 1.53 bits per heavy atom. The summed E-state index contributed by atoms with van der Waals surface area (Å²) in [6.45, 7) is 3.68. The van der Waals surface area contributed by atoms with Gasteiger partial charge in [-0.15, -0.1) is 0 Å². The maximum absolute atomic E-state index is 13.0. The first-order valence-corrected chi connectivity index (χ1v) is 6.11. The standard InChI is InChI=1S/C14H16FN3O/c1-10-8-12(15)4-5-13(10)17-14(19)9-11(2)18-7-3-6-16-18/h3-8,11H,9H2,1-2H3,(H,17,19). The number of hydrogen-bond acceptors (Lipinski definition) is 2. The second-order valence-corrected chi connectivity index (χ2v) is 4.55. The van der Waals surface area contributed by atoms with Crippen molar-refractivity contribution in [3.63, 3.8) is 0 Å². The molecule has 0 radical (unpaired) electrons. The van der Waals surface area contributed by atoms with Gasteiger partial charge in [0.05, 0.1) is 6.04 Å². The Morgan fingerprint density at radius 2 is 2.32 bits per heavy atom. The average Bonchev–Trinajstić information content (AvgIpc) is 2.86. The molecule has 5 heteroatoms. The minimum Gasteiger partial charge on any atom is -0.326 e. The summed E-state index contributed by atoms with van der Waals surface area (Å²) in [6, 6.07) is 6.10. The van der Waals surface area contributed by atoms with Crippen molar-refractivity contribution in [2.24, 2.45) is 0 Å². The zero-order chi connectivity index (χ0) is 13.8. The van der Waals surface area contributed by atoms with Gasteiger partial charge in [0, 0.05) is 24.5 Å². The number of nitrogens with zero attached hydrogens (tertiary/aromatic N) is 2. The SMILES string of the molecule is Cc1cc(F)ccc1NC(=O)CC(C)n1cccn1. The van der Waals surface area contributed by atoms with E-state index in [1.807, 2.05) is 19.2 Å². The second kappa shape index (κ2) is 5.65. The maximum Gasteiger partial charge on any atom is 0.226 e. The van der Waals surface area contributed by atoms with Gasteiger partial charge >= 0.3 is 0 Å². The summed E-state index contributed by atoms with van der Waals surface area (Å²) in [6.07, 6.45) is 3.82. The third-order valence-electron chi connectivity index (χ3n) is 2.92. The predicted molar refractivity (Wildman–Crippen MR) is 71.3 cm³/mol. The molecule has 2 aromatic rings. The lowest BCUT2D eigenvalue weighted by Crippen LogP contribution is -2.18.